The van der Waals surface area contributed by atoms with Gasteiger partial charge in [-0.3, -0.25) is 0 Å². The van der Waals surface area contributed by atoms with Gasteiger partial charge >= 0.3 is 5.97 Å². The summed E-state index contributed by atoms with van der Waals surface area (Å²) < 4.78 is 31.0. The molecule has 3 aromatic carbocycles. The van der Waals surface area contributed by atoms with Crippen molar-refractivity contribution >= 4 is 16.7 Å². The zero-order valence-corrected chi connectivity index (χ0v) is 19.8. The first-order valence-electron chi connectivity index (χ1n) is 11.6. The first-order chi connectivity index (χ1) is 16.9. The minimum absolute atomic E-state index is 0.0161. The number of rotatable bonds is 8. The maximum atomic E-state index is 13.5. The largest absolute Gasteiger partial charge is 0.478 e. The van der Waals surface area contributed by atoms with Gasteiger partial charge in [0.1, 0.15) is 11.6 Å². The molecule has 0 saturated carbocycles. The van der Waals surface area contributed by atoms with Crippen LogP contribution in [0.2, 0.25) is 0 Å². The Morgan fingerprint density at radius 1 is 1.23 bits per heavy atom. The van der Waals surface area contributed by atoms with Crippen molar-refractivity contribution in [2.75, 3.05) is 7.11 Å². The van der Waals surface area contributed by atoms with Gasteiger partial charge in [0.15, 0.2) is 5.79 Å². The second-order valence-corrected chi connectivity index (χ2v) is 8.76. The Labute approximate surface area is 203 Å². The fraction of sp³-hybridized carbons (Fsp3) is 0.321. The van der Waals surface area contributed by atoms with Gasteiger partial charge in [-0.05, 0) is 78.1 Å². The number of carbonyl (C=O) groups is 1. The number of ether oxygens (including phenoxy) is 3. The van der Waals surface area contributed by atoms with Crippen molar-refractivity contribution in [1.82, 2.24) is 0 Å². The SMILES string of the molecule is COC1(CC=COc2ccc3c(-c4ccc(F)cc4)c(CO)c(C(=O)O)cc3c2)CCCC(C)O1. The highest BCUT2D eigenvalue weighted by Gasteiger charge is 2.34. The highest BCUT2D eigenvalue weighted by atomic mass is 19.1. The molecule has 35 heavy (non-hydrogen) atoms. The molecule has 2 unspecified atom stereocenters. The van der Waals surface area contributed by atoms with Gasteiger partial charge in [0.2, 0.25) is 0 Å². The number of carboxylic acid groups (broad SMARTS) is 1. The standard InChI is InChI=1S/C28H29FO6/c1-18-5-3-12-28(33-2,35-18)13-4-14-34-22-10-11-23-20(15-22)16-24(27(31)32)25(17-30)26(23)19-6-8-21(29)9-7-19/h4,6-11,14-16,18,30H,3,5,12-13,17H2,1-2H3,(H,31,32). The summed E-state index contributed by atoms with van der Waals surface area (Å²) in [6.45, 7) is 1.57. The molecule has 1 fully saturated rings. The lowest BCUT2D eigenvalue weighted by molar-refractivity contribution is -0.262. The van der Waals surface area contributed by atoms with Crippen LogP contribution in [-0.4, -0.2) is 35.2 Å². The number of methoxy groups -OCH3 is 1. The number of halogens is 1. The molecule has 0 spiro atoms. The molecule has 4 rings (SSSR count). The van der Waals surface area contributed by atoms with Gasteiger partial charge in [-0.1, -0.05) is 18.2 Å². The Balaban J connectivity index is 1.65. The molecule has 2 N–H and O–H groups in total. The predicted molar refractivity (Wildman–Crippen MR) is 131 cm³/mol. The summed E-state index contributed by atoms with van der Waals surface area (Å²) in [7, 11) is 1.65. The zero-order chi connectivity index (χ0) is 25.0. The summed E-state index contributed by atoms with van der Waals surface area (Å²) >= 11 is 0. The van der Waals surface area contributed by atoms with E-state index in [1.165, 1.54) is 18.2 Å². The minimum atomic E-state index is -1.16. The van der Waals surface area contributed by atoms with Gasteiger partial charge in [-0.15, -0.1) is 0 Å². The second-order valence-electron chi connectivity index (χ2n) is 8.76. The molecular formula is C28H29FO6. The average Bonchev–Trinajstić information content (AvgIpc) is 2.86. The first kappa shape index (κ1) is 24.9. The molecule has 0 radical (unpaired) electrons. The summed E-state index contributed by atoms with van der Waals surface area (Å²) in [5, 5.41) is 21.1. The van der Waals surface area contributed by atoms with Gasteiger partial charge in [-0.25, -0.2) is 9.18 Å². The van der Waals surface area contributed by atoms with Crippen molar-refractivity contribution in [3.8, 4) is 16.9 Å². The Bertz CT molecular complexity index is 1240. The number of aromatic carboxylic acids is 1. The third-order valence-electron chi connectivity index (χ3n) is 6.43. The van der Waals surface area contributed by atoms with Crippen molar-refractivity contribution in [1.29, 1.82) is 0 Å². The topological polar surface area (TPSA) is 85.2 Å². The quantitative estimate of drug-likeness (QED) is 0.382. The summed E-state index contributed by atoms with van der Waals surface area (Å²) in [6, 6.07) is 12.6. The summed E-state index contributed by atoms with van der Waals surface area (Å²) in [5.74, 6) is -1.68. The molecule has 0 amide bonds. The maximum absolute atomic E-state index is 13.5. The molecule has 0 aliphatic carbocycles. The summed E-state index contributed by atoms with van der Waals surface area (Å²) in [4.78, 5) is 12.0. The Kier molecular flexibility index (Phi) is 7.50. The van der Waals surface area contributed by atoms with Crippen LogP contribution in [0.3, 0.4) is 0 Å². The predicted octanol–water partition coefficient (Wildman–Crippen LogP) is 6.05. The number of hydrogen-bond donors (Lipinski definition) is 2. The van der Waals surface area contributed by atoms with E-state index in [0.29, 0.717) is 28.7 Å². The van der Waals surface area contributed by atoms with E-state index in [1.54, 1.807) is 37.6 Å². The zero-order valence-electron chi connectivity index (χ0n) is 19.8. The lowest BCUT2D eigenvalue weighted by Crippen LogP contribution is -2.41. The first-order valence-corrected chi connectivity index (χ1v) is 11.6. The molecule has 6 nitrogen and oxygen atoms in total. The molecular weight excluding hydrogens is 451 g/mol. The third-order valence-corrected chi connectivity index (χ3v) is 6.43. The van der Waals surface area contributed by atoms with Crippen molar-refractivity contribution in [2.24, 2.45) is 0 Å². The van der Waals surface area contributed by atoms with Gasteiger partial charge in [-0.2, -0.15) is 0 Å². The van der Waals surface area contributed by atoms with E-state index in [1.807, 2.05) is 19.1 Å². The van der Waals surface area contributed by atoms with E-state index in [4.69, 9.17) is 14.2 Å². The maximum Gasteiger partial charge on any atom is 0.336 e. The lowest BCUT2D eigenvalue weighted by atomic mass is 9.90. The van der Waals surface area contributed by atoms with Crippen molar-refractivity contribution in [3.63, 3.8) is 0 Å². The fourth-order valence-electron chi connectivity index (χ4n) is 4.68. The number of carboxylic acids is 1. The van der Waals surface area contributed by atoms with Crippen LogP contribution in [0.25, 0.3) is 21.9 Å². The number of fused-ring (bicyclic) bond motifs is 1. The van der Waals surface area contributed by atoms with Gasteiger partial charge < -0.3 is 24.4 Å². The summed E-state index contributed by atoms with van der Waals surface area (Å²) in [6.07, 6.45) is 6.97. The van der Waals surface area contributed by atoms with Crippen molar-refractivity contribution in [3.05, 3.63) is 77.8 Å². The van der Waals surface area contributed by atoms with Gasteiger partial charge in [0.25, 0.3) is 0 Å². The van der Waals surface area contributed by atoms with E-state index in [2.05, 4.69) is 0 Å². The molecule has 0 bridgehead atoms. The molecule has 0 aromatic heterocycles. The number of hydrogen-bond acceptors (Lipinski definition) is 5. The van der Waals surface area contributed by atoms with Crippen molar-refractivity contribution < 1.29 is 33.6 Å². The van der Waals surface area contributed by atoms with Crippen LogP contribution in [0.1, 0.15) is 48.5 Å². The molecule has 1 heterocycles. The van der Waals surface area contributed by atoms with E-state index >= 15 is 0 Å². The monoisotopic (exact) mass is 480 g/mol. The van der Waals surface area contributed by atoms with Gasteiger partial charge in [0, 0.05) is 25.5 Å². The third kappa shape index (κ3) is 5.37. The average molecular weight is 481 g/mol. The Hall–Kier alpha value is -3.26. The molecule has 7 heteroatoms. The van der Waals surface area contributed by atoms with Crippen LogP contribution in [0.5, 0.6) is 5.75 Å². The smallest absolute Gasteiger partial charge is 0.336 e. The van der Waals surface area contributed by atoms with E-state index in [0.717, 1.165) is 24.6 Å². The number of aliphatic hydroxyl groups is 1. The number of aliphatic hydroxyl groups excluding tert-OH is 1. The van der Waals surface area contributed by atoms with Crippen LogP contribution in [0.4, 0.5) is 4.39 Å². The summed E-state index contributed by atoms with van der Waals surface area (Å²) in [5.41, 5.74) is 1.42. The van der Waals surface area contributed by atoms with Crippen LogP contribution in [-0.2, 0) is 16.1 Å². The fourth-order valence-corrected chi connectivity index (χ4v) is 4.68. The lowest BCUT2D eigenvalue weighted by Gasteiger charge is -2.38. The van der Waals surface area contributed by atoms with Gasteiger partial charge in [0.05, 0.1) is 24.5 Å². The molecule has 2 atom stereocenters. The highest BCUT2D eigenvalue weighted by molar-refractivity contribution is 6.05. The molecule has 1 aliphatic heterocycles. The molecule has 1 saturated heterocycles. The van der Waals surface area contributed by atoms with Crippen LogP contribution in [0.15, 0.2) is 60.9 Å². The Morgan fingerprint density at radius 3 is 2.66 bits per heavy atom. The van der Waals surface area contributed by atoms with Crippen LogP contribution < -0.4 is 4.74 Å². The Morgan fingerprint density at radius 2 is 2.00 bits per heavy atom. The molecule has 184 valence electrons. The van der Waals surface area contributed by atoms with Crippen LogP contribution in [0, 0.1) is 5.82 Å². The minimum Gasteiger partial charge on any atom is -0.478 e. The van der Waals surface area contributed by atoms with Crippen molar-refractivity contribution in [2.45, 2.75) is 51.1 Å². The highest BCUT2D eigenvalue weighted by Crippen LogP contribution is 2.37. The van der Waals surface area contributed by atoms with E-state index in [-0.39, 0.29) is 17.2 Å². The van der Waals surface area contributed by atoms with E-state index < -0.39 is 24.2 Å². The number of benzene rings is 3. The second kappa shape index (κ2) is 10.6. The molecule has 3 aromatic rings. The normalized spacial score (nSPS) is 20.4. The van der Waals surface area contributed by atoms with Crippen LogP contribution >= 0.6 is 0 Å². The van der Waals surface area contributed by atoms with E-state index in [9.17, 15) is 19.4 Å². The molecule has 1 aliphatic rings.